The molecule has 0 fully saturated rings. The van der Waals surface area contributed by atoms with Gasteiger partial charge in [0.05, 0.1) is 0 Å². The zero-order chi connectivity index (χ0) is 23.2. The predicted octanol–water partition coefficient (Wildman–Crippen LogP) is 9.74. The average Bonchev–Trinajstić information content (AvgIpc) is 3.36. The molecule has 0 atom stereocenters. The van der Waals surface area contributed by atoms with Crippen molar-refractivity contribution in [3.05, 3.63) is 133 Å². The number of hydrogen-bond acceptors (Lipinski definition) is 1. The van der Waals surface area contributed by atoms with E-state index in [4.69, 9.17) is 4.42 Å². The summed E-state index contributed by atoms with van der Waals surface area (Å²) in [6.07, 6.45) is 0. The highest BCUT2D eigenvalue weighted by Crippen LogP contribution is 2.44. The fraction of sp³-hybridized carbons (Fsp3) is 0. The Bertz CT molecular complexity index is 1770. The van der Waals surface area contributed by atoms with Crippen LogP contribution in [0.5, 0.6) is 0 Å². The zero-order valence-electron chi connectivity index (χ0n) is 19.1. The molecule has 0 unspecified atom stereocenters. The Kier molecular flexibility index (Phi) is 4.53. The van der Waals surface area contributed by atoms with Crippen molar-refractivity contribution in [2.24, 2.45) is 0 Å². The summed E-state index contributed by atoms with van der Waals surface area (Å²) in [6, 6.07) is 47.3. The van der Waals surface area contributed by atoms with E-state index in [9.17, 15) is 0 Å². The lowest BCUT2D eigenvalue weighted by Gasteiger charge is -2.17. The Balaban J connectivity index is 1.52. The van der Waals surface area contributed by atoms with E-state index >= 15 is 0 Å². The SMILES string of the molecule is c1ccc(-c2cc3cc(-c4c5ccccc5c(-c5ccccc5)c5ccccc45)ccc3o2)cc1. The van der Waals surface area contributed by atoms with Crippen molar-refractivity contribution in [1.29, 1.82) is 0 Å². The molecule has 0 spiro atoms. The summed E-state index contributed by atoms with van der Waals surface area (Å²) in [5.41, 5.74) is 6.99. The number of furan rings is 1. The normalized spacial score (nSPS) is 11.4. The lowest BCUT2D eigenvalue weighted by molar-refractivity contribution is 0.631. The molecule has 0 aliphatic rings. The first-order valence-electron chi connectivity index (χ1n) is 11.9. The Morgan fingerprint density at radius 1 is 0.371 bits per heavy atom. The fourth-order valence-electron chi connectivity index (χ4n) is 5.30. The van der Waals surface area contributed by atoms with Crippen molar-refractivity contribution in [2.45, 2.75) is 0 Å². The van der Waals surface area contributed by atoms with Gasteiger partial charge in [0, 0.05) is 10.9 Å². The molecule has 7 aromatic rings. The van der Waals surface area contributed by atoms with Crippen LogP contribution in [0.2, 0.25) is 0 Å². The van der Waals surface area contributed by atoms with Gasteiger partial charge in [0.1, 0.15) is 11.3 Å². The lowest BCUT2D eigenvalue weighted by atomic mass is 9.86. The highest BCUT2D eigenvalue weighted by molar-refractivity contribution is 6.21. The Labute approximate surface area is 203 Å². The molecule has 7 rings (SSSR count). The van der Waals surface area contributed by atoms with Gasteiger partial charge in [-0.15, -0.1) is 0 Å². The van der Waals surface area contributed by atoms with Crippen LogP contribution in [0.3, 0.4) is 0 Å². The highest BCUT2D eigenvalue weighted by Gasteiger charge is 2.17. The maximum atomic E-state index is 6.20. The van der Waals surface area contributed by atoms with Crippen LogP contribution in [0.25, 0.3) is 66.1 Å². The average molecular weight is 447 g/mol. The van der Waals surface area contributed by atoms with Crippen molar-refractivity contribution >= 4 is 32.5 Å². The molecule has 1 aromatic heterocycles. The zero-order valence-corrected chi connectivity index (χ0v) is 19.1. The predicted molar refractivity (Wildman–Crippen MR) is 148 cm³/mol. The Morgan fingerprint density at radius 2 is 0.857 bits per heavy atom. The summed E-state index contributed by atoms with van der Waals surface area (Å²) in [7, 11) is 0. The summed E-state index contributed by atoms with van der Waals surface area (Å²) in [6.45, 7) is 0. The minimum Gasteiger partial charge on any atom is -0.456 e. The second-order valence-electron chi connectivity index (χ2n) is 8.94. The number of fused-ring (bicyclic) bond motifs is 3. The molecule has 1 nitrogen and oxygen atoms in total. The molecule has 0 radical (unpaired) electrons. The summed E-state index contributed by atoms with van der Waals surface area (Å²) in [4.78, 5) is 0. The lowest BCUT2D eigenvalue weighted by Crippen LogP contribution is -1.90. The summed E-state index contributed by atoms with van der Waals surface area (Å²) in [5.74, 6) is 0.895. The van der Waals surface area contributed by atoms with Gasteiger partial charge in [-0.1, -0.05) is 115 Å². The van der Waals surface area contributed by atoms with E-state index in [-0.39, 0.29) is 0 Å². The highest BCUT2D eigenvalue weighted by atomic mass is 16.3. The van der Waals surface area contributed by atoms with E-state index in [1.54, 1.807) is 0 Å². The van der Waals surface area contributed by atoms with Gasteiger partial charge in [-0.3, -0.25) is 0 Å². The molecule has 6 aromatic carbocycles. The minimum absolute atomic E-state index is 0.895. The second-order valence-corrected chi connectivity index (χ2v) is 8.94. The van der Waals surface area contributed by atoms with Crippen LogP contribution in [-0.4, -0.2) is 0 Å². The number of hydrogen-bond donors (Lipinski definition) is 0. The van der Waals surface area contributed by atoms with Gasteiger partial charge in [-0.05, 0) is 62.0 Å². The molecular weight excluding hydrogens is 424 g/mol. The van der Waals surface area contributed by atoms with E-state index in [1.165, 1.54) is 43.8 Å². The van der Waals surface area contributed by atoms with Gasteiger partial charge in [0.25, 0.3) is 0 Å². The fourth-order valence-corrected chi connectivity index (χ4v) is 5.30. The van der Waals surface area contributed by atoms with Crippen LogP contribution in [-0.2, 0) is 0 Å². The van der Waals surface area contributed by atoms with E-state index in [1.807, 2.05) is 18.2 Å². The van der Waals surface area contributed by atoms with Crippen LogP contribution in [0.15, 0.2) is 138 Å². The second kappa shape index (κ2) is 8.00. The van der Waals surface area contributed by atoms with Gasteiger partial charge >= 0.3 is 0 Å². The van der Waals surface area contributed by atoms with Crippen LogP contribution in [0.4, 0.5) is 0 Å². The third kappa shape index (κ3) is 3.25. The molecule has 0 bridgehead atoms. The Hall–Kier alpha value is -4.62. The van der Waals surface area contributed by atoms with Crippen molar-refractivity contribution in [1.82, 2.24) is 0 Å². The molecule has 1 heterocycles. The Morgan fingerprint density at radius 3 is 1.43 bits per heavy atom. The summed E-state index contributed by atoms with van der Waals surface area (Å²) >= 11 is 0. The molecule has 1 heteroatoms. The van der Waals surface area contributed by atoms with E-state index in [0.717, 1.165) is 22.3 Å². The molecule has 0 saturated heterocycles. The van der Waals surface area contributed by atoms with Crippen LogP contribution in [0.1, 0.15) is 0 Å². The van der Waals surface area contributed by atoms with Crippen molar-refractivity contribution in [2.75, 3.05) is 0 Å². The monoisotopic (exact) mass is 446 g/mol. The first kappa shape index (κ1) is 19.8. The molecule has 0 aliphatic carbocycles. The first-order chi connectivity index (χ1) is 17.4. The molecule has 0 amide bonds. The van der Waals surface area contributed by atoms with Crippen LogP contribution in [0, 0.1) is 0 Å². The van der Waals surface area contributed by atoms with E-state index in [0.29, 0.717) is 0 Å². The largest absolute Gasteiger partial charge is 0.456 e. The van der Waals surface area contributed by atoms with Crippen LogP contribution >= 0.6 is 0 Å². The molecule has 35 heavy (non-hydrogen) atoms. The van der Waals surface area contributed by atoms with E-state index in [2.05, 4.69) is 115 Å². The van der Waals surface area contributed by atoms with Gasteiger partial charge in [0.15, 0.2) is 0 Å². The third-order valence-corrected chi connectivity index (χ3v) is 6.86. The quantitative estimate of drug-likeness (QED) is 0.246. The van der Waals surface area contributed by atoms with Gasteiger partial charge < -0.3 is 4.42 Å². The van der Waals surface area contributed by atoms with Gasteiger partial charge in [-0.25, -0.2) is 0 Å². The molecule has 0 aliphatic heterocycles. The van der Waals surface area contributed by atoms with Crippen molar-refractivity contribution < 1.29 is 4.42 Å². The molecule has 0 N–H and O–H groups in total. The third-order valence-electron chi connectivity index (χ3n) is 6.86. The molecular formula is C34H22O. The smallest absolute Gasteiger partial charge is 0.135 e. The van der Waals surface area contributed by atoms with Gasteiger partial charge in [0.2, 0.25) is 0 Å². The summed E-state index contributed by atoms with van der Waals surface area (Å²) in [5, 5.41) is 6.17. The topological polar surface area (TPSA) is 13.1 Å². The molecule has 164 valence electrons. The molecule has 0 saturated carbocycles. The minimum atomic E-state index is 0.895. The van der Waals surface area contributed by atoms with Crippen molar-refractivity contribution in [3.63, 3.8) is 0 Å². The number of benzene rings is 6. The first-order valence-corrected chi connectivity index (χ1v) is 11.9. The van der Waals surface area contributed by atoms with Crippen molar-refractivity contribution in [3.8, 4) is 33.6 Å². The maximum absolute atomic E-state index is 6.20. The van der Waals surface area contributed by atoms with E-state index < -0.39 is 0 Å². The number of rotatable bonds is 3. The maximum Gasteiger partial charge on any atom is 0.135 e. The van der Waals surface area contributed by atoms with Crippen LogP contribution < -0.4 is 0 Å². The summed E-state index contributed by atoms with van der Waals surface area (Å²) < 4.78 is 6.20. The van der Waals surface area contributed by atoms with Gasteiger partial charge in [-0.2, -0.15) is 0 Å². The standard InChI is InChI=1S/C34H22O/c1-3-11-23(12-4-1)32-22-26-21-25(19-20-31(26)35-32)34-29-17-9-7-15-27(29)33(24-13-5-2-6-14-24)28-16-8-10-18-30(28)34/h1-22H.